The van der Waals surface area contributed by atoms with E-state index in [4.69, 9.17) is 9.47 Å². The van der Waals surface area contributed by atoms with Crippen molar-refractivity contribution in [1.29, 1.82) is 0 Å². The Labute approximate surface area is 153 Å². The van der Waals surface area contributed by atoms with Crippen LogP contribution in [0.5, 0.6) is 0 Å². The highest BCUT2D eigenvalue weighted by atomic mass is 16.6. The van der Waals surface area contributed by atoms with Gasteiger partial charge in [0.1, 0.15) is 6.61 Å². The van der Waals surface area contributed by atoms with Gasteiger partial charge in [-0.3, -0.25) is 4.79 Å². The topological polar surface area (TPSA) is 93.1 Å². The predicted molar refractivity (Wildman–Crippen MR) is 94.2 cm³/mol. The van der Waals surface area contributed by atoms with E-state index in [1.807, 2.05) is 11.9 Å². The van der Waals surface area contributed by atoms with Crippen molar-refractivity contribution in [2.24, 2.45) is 5.92 Å². The van der Waals surface area contributed by atoms with Gasteiger partial charge in [0, 0.05) is 30.7 Å². The molecule has 2 bridgehead atoms. The number of allylic oxidation sites excluding steroid dienone is 1. The molecule has 0 aliphatic carbocycles. The third kappa shape index (κ3) is 4.40. The fraction of sp³-hybridized carbons (Fsp3) is 0.632. The first-order valence-corrected chi connectivity index (χ1v) is 8.84. The number of hydrogen-bond acceptors (Lipinski definition) is 7. The molecule has 26 heavy (non-hydrogen) atoms. The Morgan fingerprint density at radius 2 is 2.04 bits per heavy atom. The van der Waals surface area contributed by atoms with Crippen molar-refractivity contribution in [2.45, 2.75) is 45.3 Å². The molecule has 0 aromatic rings. The van der Waals surface area contributed by atoms with Crippen molar-refractivity contribution in [1.82, 2.24) is 4.90 Å². The minimum atomic E-state index is -1.78. The van der Waals surface area contributed by atoms with E-state index < -0.39 is 29.6 Å². The van der Waals surface area contributed by atoms with Gasteiger partial charge in [0.05, 0.1) is 0 Å². The van der Waals surface area contributed by atoms with Crippen molar-refractivity contribution in [3.05, 3.63) is 23.3 Å². The number of Topliss-reactive ketones (excluding diaryl/α,β-unsaturated/α-hetero) is 1. The summed E-state index contributed by atoms with van der Waals surface area (Å²) in [4.78, 5) is 39.7. The molecule has 0 unspecified atom stereocenters. The summed E-state index contributed by atoms with van der Waals surface area (Å²) in [6.45, 7) is 5.58. The van der Waals surface area contributed by atoms with Crippen LogP contribution < -0.4 is 0 Å². The summed E-state index contributed by atoms with van der Waals surface area (Å²) < 4.78 is 10.7. The molecule has 2 aliphatic rings. The first kappa shape index (κ1) is 20.3. The summed E-state index contributed by atoms with van der Waals surface area (Å²) in [6.07, 6.45) is 2.86. The fourth-order valence-corrected chi connectivity index (χ4v) is 2.92. The van der Waals surface area contributed by atoms with Crippen LogP contribution in [-0.2, 0) is 23.9 Å². The SMILES string of the molecule is CC=C1C[C@@H](C)[C@@](C)(O)C(=O)OC/C2=C/CN(C)CC[C@@H](OC1=O)C2=O. The monoisotopic (exact) mass is 365 g/mol. The second-order valence-corrected chi connectivity index (χ2v) is 7.18. The number of fused-ring (bicyclic) bond motifs is 2. The summed E-state index contributed by atoms with van der Waals surface area (Å²) >= 11 is 0. The average Bonchev–Trinajstić information content (AvgIpc) is 2.59. The maximum absolute atomic E-state index is 12.8. The second-order valence-electron chi connectivity index (χ2n) is 7.18. The molecule has 1 fully saturated rings. The Morgan fingerprint density at radius 3 is 2.69 bits per heavy atom. The van der Waals surface area contributed by atoms with E-state index in [9.17, 15) is 19.5 Å². The van der Waals surface area contributed by atoms with Crippen molar-refractivity contribution in [2.75, 3.05) is 26.7 Å². The van der Waals surface area contributed by atoms with Gasteiger partial charge in [-0.05, 0) is 33.2 Å². The van der Waals surface area contributed by atoms with Crippen molar-refractivity contribution in [3.8, 4) is 0 Å². The number of ketones is 1. The molecule has 7 heteroatoms. The zero-order valence-corrected chi connectivity index (χ0v) is 15.8. The number of aliphatic hydroxyl groups is 1. The van der Waals surface area contributed by atoms with Gasteiger partial charge in [-0.2, -0.15) is 0 Å². The Balaban J connectivity index is 2.42. The van der Waals surface area contributed by atoms with Crippen LogP contribution in [0.3, 0.4) is 0 Å². The van der Waals surface area contributed by atoms with Crippen molar-refractivity contribution >= 4 is 17.7 Å². The molecule has 1 saturated heterocycles. The second kappa shape index (κ2) is 8.14. The molecule has 144 valence electrons. The molecule has 3 atom stereocenters. The number of esters is 2. The van der Waals surface area contributed by atoms with Crippen LogP contribution in [0.15, 0.2) is 23.3 Å². The standard InChI is InChI=1S/C19H27NO6/c1-5-13-10-12(2)19(3,24)18(23)25-11-14-6-8-20(4)9-7-15(16(14)21)26-17(13)22/h5-6,12,15,24H,7-11H2,1-4H3/b13-5?,14-6-/t12-,15-,19-/m1/s1. The molecule has 1 N–H and O–H groups in total. The number of likely N-dealkylation sites (N-methyl/N-ethyl adjacent to an activating group) is 1. The minimum Gasteiger partial charge on any atom is -0.459 e. The average molecular weight is 365 g/mol. The van der Waals surface area contributed by atoms with E-state index >= 15 is 0 Å². The first-order valence-electron chi connectivity index (χ1n) is 8.84. The van der Waals surface area contributed by atoms with Gasteiger partial charge >= 0.3 is 11.9 Å². The molecular formula is C19H27NO6. The van der Waals surface area contributed by atoms with Gasteiger partial charge in [-0.15, -0.1) is 0 Å². The molecule has 0 aromatic carbocycles. The lowest BCUT2D eigenvalue weighted by molar-refractivity contribution is -0.169. The molecule has 0 aromatic heterocycles. The molecule has 0 radical (unpaired) electrons. The van der Waals surface area contributed by atoms with Crippen LogP contribution in [0.25, 0.3) is 0 Å². The van der Waals surface area contributed by atoms with E-state index in [0.717, 1.165) is 0 Å². The highest BCUT2D eigenvalue weighted by Crippen LogP contribution is 2.27. The Bertz CT molecular complexity index is 648. The van der Waals surface area contributed by atoms with E-state index in [1.165, 1.54) is 6.92 Å². The zero-order valence-electron chi connectivity index (χ0n) is 15.8. The van der Waals surface area contributed by atoms with E-state index in [-0.39, 0.29) is 24.4 Å². The van der Waals surface area contributed by atoms with Crippen LogP contribution in [0.4, 0.5) is 0 Å². The van der Waals surface area contributed by atoms with Gasteiger partial charge in [0.15, 0.2) is 11.7 Å². The summed E-state index contributed by atoms with van der Waals surface area (Å²) in [5.41, 5.74) is -1.19. The normalized spacial score (nSPS) is 36.0. The molecule has 7 nitrogen and oxygen atoms in total. The van der Waals surface area contributed by atoms with E-state index in [1.54, 1.807) is 26.0 Å². The van der Waals surface area contributed by atoms with Gasteiger partial charge in [0.2, 0.25) is 5.78 Å². The molecule has 0 saturated carbocycles. The number of hydrogen-bond donors (Lipinski definition) is 1. The number of carbonyl (C=O) groups excluding carboxylic acids is 3. The van der Waals surface area contributed by atoms with E-state index in [2.05, 4.69) is 0 Å². The van der Waals surface area contributed by atoms with Crippen LogP contribution >= 0.6 is 0 Å². The quantitative estimate of drug-likeness (QED) is 0.506. The maximum atomic E-state index is 12.8. The molecule has 2 rings (SSSR count). The Hall–Kier alpha value is -1.99. The lowest BCUT2D eigenvalue weighted by Crippen LogP contribution is -2.45. The number of rotatable bonds is 0. The first-order chi connectivity index (χ1) is 12.2. The summed E-state index contributed by atoms with van der Waals surface area (Å²) in [5, 5.41) is 10.6. The Morgan fingerprint density at radius 1 is 1.35 bits per heavy atom. The van der Waals surface area contributed by atoms with E-state index in [0.29, 0.717) is 25.1 Å². The third-order valence-corrected chi connectivity index (χ3v) is 5.15. The van der Waals surface area contributed by atoms with Gasteiger partial charge < -0.3 is 19.5 Å². The van der Waals surface area contributed by atoms with Crippen molar-refractivity contribution in [3.63, 3.8) is 0 Å². The number of carbonyl (C=O) groups is 3. The highest BCUT2D eigenvalue weighted by molar-refractivity contribution is 6.01. The lowest BCUT2D eigenvalue weighted by atomic mass is 9.85. The van der Waals surface area contributed by atoms with Crippen LogP contribution in [0.1, 0.15) is 33.6 Å². The minimum absolute atomic E-state index is 0.140. The molecule has 2 heterocycles. The van der Waals surface area contributed by atoms with Gasteiger partial charge in [-0.25, -0.2) is 9.59 Å². The van der Waals surface area contributed by atoms with Crippen LogP contribution in [-0.4, -0.2) is 66.2 Å². The van der Waals surface area contributed by atoms with Crippen molar-refractivity contribution < 1.29 is 29.0 Å². The largest absolute Gasteiger partial charge is 0.459 e. The number of cyclic esters (lactones) is 1. The summed E-state index contributed by atoms with van der Waals surface area (Å²) in [5.74, 6) is -2.32. The Kier molecular flexibility index (Phi) is 6.36. The predicted octanol–water partition coefficient (Wildman–Crippen LogP) is 1.01. The lowest BCUT2D eigenvalue weighted by Gasteiger charge is -2.31. The van der Waals surface area contributed by atoms with Crippen LogP contribution in [0, 0.1) is 5.92 Å². The molecule has 0 spiro atoms. The summed E-state index contributed by atoms with van der Waals surface area (Å²) in [6, 6.07) is 0. The van der Waals surface area contributed by atoms with Crippen LogP contribution in [0.2, 0.25) is 0 Å². The zero-order chi connectivity index (χ0) is 19.5. The molecule has 0 amide bonds. The summed E-state index contributed by atoms with van der Waals surface area (Å²) in [7, 11) is 1.89. The fourth-order valence-electron chi connectivity index (χ4n) is 2.92. The van der Waals surface area contributed by atoms with Gasteiger partial charge in [0.25, 0.3) is 0 Å². The number of ether oxygens (including phenoxy) is 2. The number of nitrogens with zero attached hydrogens (tertiary/aromatic N) is 1. The maximum Gasteiger partial charge on any atom is 0.338 e. The smallest absolute Gasteiger partial charge is 0.338 e. The van der Waals surface area contributed by atoms with Gasteiger partial charge in [-0.1, -0.05) is 19.1 Å². The highest BCUT2D eigenvalue weighted by Gasteiger charge is 2.40. The molecular weight excluding hydrogens is 338 g/mol. The molecule has 2 aliphatic heterocycles. The third-order valence-electron chi connectivity index (χ3n) is 5.15.